The number of pyridine rings is 1. The highest BCUT2D eigenvalue weighted by Crippen LogP contribution is 2.14. The first-order chi connectivity index (χ1) is 6.79. The molecule has 0 aliphatic heterocycles. The van der Waals surface area contributed by atoms with Crippen LogP contribution in [0.15, 0.2) is 18.3 Å². The van der Waals surface area contributed by atoms with E-state index in [-0.39, 0.29) is 0 Å². The molecule has 1 N–H and O–H groups in total. The highest BCUT2D eigenvalue weighted by atomic mass is 35.5. The fourth-order valence-corrected chi connectivity index (χ4v) is 1.29. The van der Waals surface area contributed by atoms with E-state index >= 15 is 0 Å². The molecule has 0 bridgehead atoms. The molecule has 0 saturated carbocycles. The Morgan fingerprint density at radius 2 is 2.36 bits per heavy atom. The fraction of sp³-hybridized carbons (Fsp3) is 0.222. The molecule has 2 heterocycles. The number of hydrogen-bond donors (Lipinski definition) is 1. The molecule has 5 heteroatoms. The van der Waals surface area contributed by atoms with E-state index in [1.807, 2.05) is 19.1 Å². The SMILES string of the molecule is Cc1cc(-c2n[nH]c(CCl)n2)ccn1. The van der Waals surface area contributed by atoms with Gasteiger partial charge >= 0.3 is 0 Å². The number of halogens is 1. The van der Waals surface area contributed by atoms with Crippen LogP contribution in [0.25, 0.3) is 11.4 Å². The van der Waals surface area contributed by atoms with Crippen LogP contribution in [0.1, 0.15) is 11.5 Å². The first-order valence-electron chi connectivity index (χ1n) is 4.20. The summed E-state index contributed by atoms with van der Waals surface area (Å²) in [7, 11) is 0. The lowest BCUT2D eigenvalue weighted by molar-refractivity contribution is 1.02. The van der Waals surface area contributed by atoms with Crippen molar-refractivity contribution < 1.29 is 0 Å². The maximum Gasteiger partial charge on any atom is 0.181 e. The lowest BCUT2D eigenvalue weighted by atomic mass is 10.2. The van der Waals surface area contributed by atoms with E-state index in [1.54, 1.807) is 6.20 Å². The summed E-state index contributed by atoms with van der Waals surface area (Å²) in [6.07, 6.45) is 1.74. The molecule has 2 aromatic heterocycles. The van der Waals surface area contributed by atoms with Crippen molar-refractivity contribution in [2.45, 2.75) is 12.8 Å². The van der Waals surface area contributed by atoms with Gasteiger partial charge in [-0.1, -0.05) is 0 Å². The number of aromatic amines is 1. The molecular weight excluding hydrogens is 200 g/mol. The smallest absolute Gasteiger partial charge is 0.181 e. The molecule has 0 spiro atoms. The number of H-pyrrole nitrogens is 1. The van der Waals surface area contributed by atoms with Gasteiger partial charge in [-0.3, -0.25) is 10.1 Å². The number of nitrogens with zero attached hydrogens (tertiary/aromatic N) is 3. The Labute approximate surface area is 86.4 Å². The second-order valence-corrected chi connectivity index (χ2v) is 3.19. The van der Waals surface area contributed by atoms with Gasteiger partial charge in [-0.15, -0.1) is 11.6 Å². The van der Waals surface area contributed by atoms with Gasteiger partial charge in [0, 0.05) is 17.5 Å². The molecule has 14 heavy (non-hydrogen) atoms. The van der Waals surface area contributed by atoms with Crippen molar-refractivity contribution in [3.63, 3.8) is 0 Å². The van der Waals surface area contributed by atoms with Gasteiger partial charge in [0.05, 0.1) is 5.88 Å². The molecule has 72 valence electrons. The highest BCUT2D eigenvalue weighted by Gasteiger charge is 2.04. The predicted octanol–water partition coefficient (Wildman–Crippen LogP) is 1.91. The molecule has 0 atom stereocenters. The van der Waals surface area contributed by atoms with E-state index in [0.29, 0.717) is 17.5 Å². The number of aryl methyl sites for hydroxylation is 1. The molecule has 0 saturated heterocycles. The summed E-state index contributed by atoms with van der Waals surface area (Å²) < 4.78 is 0. The van der Waals surface area contributed by atoms with Crippen LogP contribution >= 0.6 is 11.6 Å². The molecule has 0 aliphatic carbocycles. The molecule has 0 unspecified atom stereocenters. The molecule has 0 aliphatic rings. The van der Waals surface area contributed by atoms with Crippen LogP contribution < -0.4 is 0 Å². The van der Waals surface area contributed by atoms with Gasteiger partial charge < -0.3 is 0 Å². The number of hydrogen-bond acceptors (Lipinski definition) is 3. The first-order valence-corrected chi connectivity index (χ1v) is 4.73. The van der Waals surface area contributed by atoms with Crippen molar-refractivity contribution >= 4 is 11.6 Å². The van der Waals surface area contributed by atoms with Gasteiger partial charge in [0.1, 0.15) is 5.82 Å². The minimum absolute atomic E-state index is 0.344. The Morgan fingerprint density at radius 3 is 3.00 bits per heavy atom. The molecule has 0 amide bonds. The van der Waals surface area contributed by atoms with Crippen molar-refractivity contribution in [2.24, 2.45) is 0 Å². The zero-order valence-electron chi connectivity index (χ0n) is 7.66. The quantitative estimate of drug-likeness (QED) is 0.768. The summed E-state index contributed by atoms with van der Waals surface area (Å²) in [6, 6.07) is 3.80. The standard InChI is InChI=1S/C9H9ClN4/c1-6-4-7(2-3-11-6)9-12-8(5-10)13-14-9/h2-4H,5H2,1H3,(H,12,13,14). The number of nitrogens with one attached hydrogen (secondary N) is 1. The maximum absolute atomic E-state index is 5.61. The Balaban J connectivity index is 2.39. The van der Waals surface area contributed by atoms with Gasteiger partial charge in [-0.25, -0.2) is 4.98 Å². The van der Waals surface area contributed by atoms with E-state index < -0.39 is 0 Å². The van der Waals surface area contributed by atoms with Crippen LogP contribution in [-0.4, -0.2) is 20.2 Å². The average molecular weight is 209 g/mol. The Bertz CT molecular complexity index is 438. The molecule has 0 aromatic carbocycles. The summed E-state index contributed by atoms with van der Waals surface area (Å²) in [4.78, 5) is 8.31. The second kappa shape index (κ2) is 3.75. The van der Waals surface area contributed by atoms with Crippen LogP contribution in [0.4, 0.5) is 0 Å². The van der Waals surface area contributed by atoms with Gasteiger partial charge in [-0.2, -0.15) is 5.10 Å². The third-order valence-corrected chi connectivity index (χ3v) is 2.07. The molecular formula is C9H9ClN4. The molecule has 0 radical (unpaired) electrons. The third kappa shape index (κ3) is 1.75. The van der Waals surface area contributed by atoms with Gasteiger partial charge in [0.2, 0.25) is 0 Å². The van der Waals surface area contributed by atoms with Crippen molar-refractivity contribution in [3.05, 3.63) is 29.8 Å². The number of aromatic nitrogens is 4. The maximum atomic E-state index is 5.61. The van der Waals surface area contributed by atoms with Crippen LogP contribution in [0.5, 0.6) is 0 Å². The molecule has 2 aromatic rings. The topological polar surface area (TPSA) is 54.5 Å². The zero-order chi connectivity index (χ0) is 9.97. The minimum Gasteiger partial charge on any atom is -0.262 e. The number of alkyl halides is 1. The molecule has 4 nitrogen and oxygen atoms in total. The second-order valence-electron chi connectivity index (χ2n) is 2.93. The lowest BCUT2D eigenvalue weighted by Crippen LogP contribution is -1.85. The normalized spacial score (nSPS) is 10.4. The van der Waals surface area contributed by atoms with Crippen LogP contribution in [0.2, 0.25) is 0 Å². The third-order valence-electron chi connectivity index (χ3n) is 1.81. The van der Waals surface area contributed by atoms with Crippen molar-refractivity contribution in [1.82, 2.24) is 20.2 Å². The van der Waals surface area contributed by atoms with Crippen LogP contribution in [0.3, 0.4) is 0 Å². The molecule has 0 fully saturated rings. The largest absolute Gasteiger partial charge is 0.262 e. The summed E-state index contributed by atoms with van der Waals surface area (Å²) in [5.41, 5.74) is 1.89. The summed E-state index contributed by atoms with van der Waals surface area (Å²) >= 11 is 5.61. The average Bonchev–Trinajstić information content (AvgIpc) is 2.66. The van der Waals surface area contributed by atoms with E-state index in [9.17, 15) is 0 Å². The van der Waals surface area contributed by atoms with Crippen molar-refractivity contribution in [2.75, 3.05) is 0 Å². The summed E-state index contributed by atoms with van der Waals surface area (Å²) in [5, 5.41) is 6.81. The van der Waals surface area contributed by atoms with Gasteiger partial charge in [0.25, 0.3) is 0 Å². The van der Waals surface area contributed by atoms with Gasteiger partial charge in [0.15, 0.2) is 5.82 Å². The molecule has 2 rings (SSSR count). The van der Waals surface area contributed by atoms with E-state index in [1.165, 1.54) is 0 Å². The van der Waals surface area contributed by atoms with E-state index in [4.69, 9.17) is 11.6 Å². The summed E-state index contributed by atoms with van der Waals surface area (Å²) in [5.74, 6) is 1.68. The van der Waals surface area contributed by atoms with E-state index in [2.05, 4.69) is 20.2 Å². The zero-order valence-corrected chi connectivity index (χ0v) is 8.41. The fourth-order valence-electron chi connectivity index (χ4n) is 1.17. The first kappa shape index (κ1) is 9.15. The summed E-state index contributed by atoms with van der Waals surface area (Å²) in [6.45, 7) is 1.93. The predicted molar refractivity (Wildman–Crippen MR) is 53.9 cm³/mol. The van der Waals surface area contributed by atoms with Gasteiger partial charge in [-0.05, 0) is 19.1 Å². The minimum atomic E-state index is 0.344. The lowest BCUT2D eigenvalue weighted by Gasteiger charge is -1.94. The monoisotopic (exact) mass is 208 g/mol. The Kier molecular flexibility index (Phi) is 2.45. The van der Waals surface area contributed by atoms with Crippen LogP contribution in [0, 0.1) is 6.92 Å². The van der Waals surface area contributed by atoms with Crippen molar-refractivity contribution in [3.8, 4) is 11.4 Å². The highest BCUT2D eigenvalue weighted by molar-refractivity contribution is 6.16. The van der Waals surface area contributed by atoms with Crippen molar-refractivity contribution in [1.29, 1.82) is 0 Å². The van der Waals surface area contributed by atoms with Crippen LogP contribution in [-0.2, 0) is 5.88 Å². The number of rotatable bonds is 2. The Morgan fingerprint density at radius 1 is 1.50 bits per heavy atom. The Hall–Kier alpha value is -1.42. The van der Waals surface area contributed by atoms with E-state index in [0.717, 1.165) is 11.3 Å².